The topological polar surface area (TPSA) is 158 Å². The van der Waals surface area contributed by atoms with E-state index in [0.29, 0.717) is 0 Å². The molecule has 1 unspecified atom stereocenters. The maximum Gasteiger partial charge on any atom is 0.354 e. The van der Waals surface area contributed by atoms with Gasteiger partial charge in [0.1, 0.15) is 11.5 Å². The number of carbonyl (C=O) groups is 1. The third kappa shape index (κ3) is 3.71. The quantitative estimate of drug-likeness (QED) is 0.589. The number of sulfonamides is 1. The highest BCUT2D eigenvalue weighted by Gasteiger charge is 2.30. The number of fused-ring (bicyclic) bond motifs is 3. The van der Waals surface area contributed by atoms with Crippen LogP contribution in [0.15, 0.2) is 21.5 Å². The number of urea groups is 1. The monoisotopic (exact) mass is 466 g/mol. The summed E-state index contributed by atoms with van der Waals surface area (Å²) in [5, 5.41) is 12.8. The van der Waals surface area contributed by atoms with Crippen LogP contribution in [0.25, 0.3) is 0 Å². The van der Waals surface area contributed by atoms with Gasteiger partial charge in [0.15, 0.2) is 9.92 Å². The number of aryl methyl sites for hydroxylation is 2. The van der Waals surface area contributed by atoms with Gasteiger partial charge < -0.3 is 10.1 Å². The Labute approximate surface area is 179 Å². The summed E-state index contributed by atoms with van der Waals surface area (Å²) in [6, 6.07) is 0.881. The second-order valence-electron chi connectivity index (χ2n) is 8.01. The molecule has 2 aromatic rings. The van der Waals surface area contributed by atoms with E-state index in [1.165, 1.54) is 22.0 Å². The molecular formula is C18H22N6O5S2. The highest BCUT2D eigenvalue weighted by molar-refractivity contribution is 7.91. The molecule has 0 radical (unpaired) electrons. The van der Waals surface area contributed by atoms with Gasteiger partial charge >= 0.3 is 6.03 Å². The molecule has 0 spiro atoms. The van der Waals surface area contributed by atoms with E-state index in [-0.39, 0.29) is 23.9 Å². The Kier molecular flexibility index (Phi) is 4.62. The number of carbonyl (C=O) groups excluding carboxylic acids is 1. The van der Waals surface area contributed by atoms with Crippen molar-refractivity contribution in [2.45, 2.75) is 43.2 Å². The first-order valence-corrected chi connectivity index (χ1v) is 13.3. The molecule has 2 heterocycles. The van der Waals surface area contributed by atoms with Gasteiger partial charge in [-0.3, -0.25) is 0 Å². The maximum atomic E-state index is 13.1. The Morgan fingerprint density at radius 1 is 1.23 bits per heavy atom. The van der Waals surface area contributed by atoms with E-state index in [1.54, 1.807) is 0 Å². The predicted octanol–water partition coefficient (Wildman–Crippen LogP) is 0.323. The Morgan fingerprint density at radius 2 is 1.90 bits per heavy atom. The van der Waals surface area contributed by atoms with Gasteiger partial charge in [0, 0.05) is 5.69 Å². The van der Waals surface area contributed by atoms with E-state index in [4.69, 9.17) is 9.88 Å². The lowest BCUT2D eigenvalue weighted by atomic mass is 9.76. The summed E-state index contributed by atoms with van der Waals surface area (Å²) in [4.78, 5) is 12.6. The fourth-order valence-corrected chi connectivity index (χ4v) is 5.92. The first-order chi connectivity index (χ1) is 14.6. The van der Waals surface area contributed by atoms with Crippen molar-refractivity contribution in [3.05, 3.63) is 34.5 Å². The van der Waals surface area contributed by atoms with Crippen LogP contribution < -0.4 is 19.9 Å². The lowest BCUT2D eigenvalue weighted by molar-refractivity contribution is 0.192. The SMILES string of the molecule is CS(=O)(=O)N[C@@H]1COc2c(S(N)(=O)=NC(=O)Nc3c4c(cc5c3CC5)CC4)cnn2C1. The summed E-state index contributed by atoms with van der Waals surface area (Å²) < 4.78 is 49.0. The number of rotatable bonds is 4. The van der Waals surface area contributed by atoms with Crippen molar-refractivity contribution >= 4 is 31.7 Å². The smallest absolute Gasteiger partial charge is 0.354 e. The van der Waals surface area contributed by atoms with Crippen LogP contribution in [0.2, 0.25) is 0 Å². The number of nitrogens with one attached hydrogen (secondary N) is 2. The molecule has 1 aliphatic heterocycles. The molecule has 3 aliphatic rings. The molecule has 11 nitrogen and oxygen atoms in total. The molecule has 1 aromatic carbocycles. The van der Waals surface area contributed by atoms with E-state index >= 15 is 0 Å². The Hall–Kier alpha value is -2.48. The number of aromatic nitrogens is 2. The molecular weight excluding hydrogens is 444 g/mol. The first-order valence-electron chi connectivity index (χ1n) is 9.79. The minimum absolute atomic E-state index is 0.00506. The van der Waals surface area contributed by atoms with Crippen LogP contribution in [0, 0.1) is 0 Å². The molecule has 0 saturated carbocycles. The molecule has 5 rings (SSSR count). The van der Waals surface area contributed by atoms with Crippen LogP contribution in [-0.2, 0) is 52.2 Å². The van der Waals surface area contributed by atoms with Gasteiger partial charge in [-0.2, -0.15) is 5.10 Å². The van der Waals surface area contributed by atoms with Crippen molar-refractivity contribution in [1.29, 1.82) is 0 Å². The van der Waals surface area contributed by atoms with Crippen molar-refractivity contribution in [3.8, 4) is 5.88 Å². The van der Waals surface area contributed by atoms with Crippen molar-refractivity contribution in [1.82, 2.24) is 14.5 Å². The van der Waals surface area contributed by atoms with E-state index in [2.05, 4.69) is 25.6 Å². The van der Waals surface area contributed by atoms with E-state index in [1.807, 2.05) is 0 Å². The van der Waals surface area contributed by atoms with Crippen molar-refractivity contribution in [3.63, 3.8) is 0 Å². The van der Waals surface area contributed by atoms with Crippen molar-refractivity contribution in [2.75, 3.05) is 18.2 Å². The summed E-state index contributed by atoms with van der Waals surface area (Å²) in [7, 11) is -7.05. The van der Waals surface area contributed by atoms with Crippen molar-refractivity contribution < 1.29 is 22.2 Å². The summed E-state index contributed by atoms with van der Waals surface area (Å²) in [6.07, 6.45) is 6.05. The lowest BCUT2D eigenvalue weighted by Gasteiger charge is -2.31. The van der Waals surface area contributed by atoms with Gasteiger partial charge in [0.2, 0.25) is 15.9 Å². The second-order valence-corrected chi connectivity index (χ2v) is 11.6. The minimum atomic E-state index is -3.62. The first kappa shape index (κ1) is 20.4. The Morgan fingerprint density at radius 3 is 2.48 bits per heavy atom. The van der Waals surface area contributed by atoms with E-state index in [9.17, 15) is 17.4 Å². The van der Waals surface area contributed by atoms with Gasteiger partial charge in [-0.1, -0.05) is 6.07 Å². The fraction of sp³-hybridized carbons (Fsp3) is 0.444. The maximum absolute atomic E-state index is 13.1. The van der Waals surface area contributed by atoms with Crippen LogP contribution in [0.3, 0.4) is 0 Å². The van der Waals surface area contributed by atoms with Gasteiger partial charge in [-0.25, -0.2) is 32.0 Å². The highest BCUT2D eigenvalue weighted by atomic mass is 32.2. The number of hydrogen-bond acceptors (Lipinski definition) is 6. The van der Waals surface area contributed by atoms with Crippen LogP contribution in [-0.4, -0.2) is 47.3 Å². The average molecular weight is 467 g/mol. The molecule has 1 aromatic heterocycles. The summed E-state index contributed by atoms with van der Waals surface area (Å²) >= 11 is 0. The molecule has 0 saturated heterocycles. The van der Waals surface area contributed by atoms with Crippen molar-refractivity contribution in [2.24, 2.45) is 9.50 Å². The second kappa shape index (κ2) is 7.02. The number of nitrogens with two attached hydrogens (primary N) is 1. The number of amides is 2. The molecule has 0 fully saturated rings. The van der Waals surface area contributed by atoms with E-state index in [0.717, 1.165) is 48.8 Å². The van der Waals surface area contributed by atoms with E-state index < -0.39 is 32.0 Å². The Bertz CT molecular complexity index is 1310. The average Bonchev–Trinajstić information content (AvgIpc) is 3.01. The van der Waals surface area contributed by atoms with Gasteiger partial charge in [0.05, 0.1) is 25.0 Å². The molecule has 0 bridgehead atoms. The number of benzene rings is 1. The third-order valence-corrected chi connectivity index (χ3v) is 7.85. The zero-order valence-corrected chi connectivity index (χ0v) is 18.4. The Balaban J connectivity index is 1.38. The van der Waals surface area contributed by atoms with Crippen LogP contribution in [0.5, 0.6) is 5.88 Å². The van der Waals surface area contributed by atoms with Gasteiger partial charge in [-0.15, -0.1) is 4.36 Å². The summed E-state index contributed by atoms with van der Waals surface area (Å²) in [5.41, 5.74) is 5.47. The highest BCUT2D eigenvalue weighted by Crippen LogP contribution is 2.40. The molecule has 31 heavy (non-hydrogen) atoms. The molecule has 4 N–H and O–H groups in total. The number of ether oxygens (including phenoxy) is 1. The lowest BCUT2D eigenvalue weighted by Crippen LogP contribution is -2.44. The summed E-state index contributed by atoms with van der Waals surface area (Å²) in [6.45, 7) is 0.183. The van der Waals surface area contributed by atoms with Gasteiger partial charge in [-0.05, 0) is 47.9 Å². The number of hydrogen-bond donors (Lipinski definition) is 3. The predicted molar refractivity (Wildman–Crippen MR) is 113 cm³/mol. The molecule has 2 aliphatic carbocycles. The van der Waals surface area contributed by atoms with Crippen LogP contribution in [0.4, 0.5) is 10.5 Å². The molecule has 13 heteroatoms. The van der Waals surface area contributed by atoms with Gasteiger partial charge in [0.25, 0.3) is 0 Å². The fourth-order valence-electron chi connectivity index (χ4n) is 4.17. The molecule has 166 valence electrons. The zero-order chi connectivity index (χ0) is 22.0. The summed E-state index contributed by atoms with van der Waals surface area (Å²) in [5.74, 6) is 0.114. The minimum Gasteiger partial charge on any atom is -0.475 e. The normalized spacial score (nSPS) is 20.6. The largest absolute Gasteiger partial charge is 0.475 e. The zero-order valence-electron chi connectivity index (χ0n) is 16.8. The third-order valence-electron chi connectivity index (χ3n) is 5.74. The standard InChI is InChI=1S/C18H22N6O5S2/c1-30(26,27)22-12-8-24-17(29-9-12)15(7-20-24)31(19,28)23-18(25)21-16-13-4-2-10(13)6-11-3-5-14(11)16/h6-7,12,22H,2-5,8-9H2,1H3,(H3,19,21,23,25,28)/t12-,31?/m0/s1. The molecule has 2 amide bonds. The number of anilines is 1. The number of nitrogens with zero attached hydrogens (tertiary/aromatic N) is 3. The molecule has 2 atom stereocenters. The van der Waals surface area contributed by atoms with Crippen LogP contribution >= 0.6 is 0 Å². The van der Waals surface area contributed by atoms with Crippen LogP contribution in [0.1, 0.15) is 22.3 Å².